The van der Waals surface area contributed by atoms with Crippen molar-refractivity contribution in [2.75, 3.05) is 12.4 Å². The standard InChI is InChI=1S/C15H19Cl2N3O/c1-3-4-5-14-19-12(15(17)20-14)9-18-10-6-7-13(21-2)11(16)8-10/h6-8,18H,3-5,9H2,1-2H3,(H,19,20). The first kappa shape index (κ1) is 16.0. The van der Waals surface area contributed by atoms with Crippen molar-refractivity contribution in [3.05, 3.63) is 39.9 Å². The average Bonchev–Trinajstić information content (AvgIpc) is 2.83. The van der Waals surface area contributed by atoms with E-state index in [-0.39, 0.29) is 0 Å². The van der Waals surface area contributed by atoms with Crippen LogP contribution in [-0.4, -0.2) is 17.1 Å². The van der Waals surface area contributed by atoms with Gasteiger partial charge in [-0.2, -0.15) is 0 Å². The number of benzene rings is 1. The summed E-state index contributed by atoms with van der Waals surface area (Å²) < 4.78 is 5.13. The normalized spacial score (nSPS) is 10.7. The zero-order valence-electron chi connectivity index (χ0n) is 12.2. The number of hydrogen-bond donors (Lipinski definition) is 2. The van der Waals surface area contributed by atoms with Crippen molar-refractivity contribution in [1.29, 1.82) is 0 Å². The van der Waals surface area contributed by atoms with Crippen LogP contribution in [0, 0.1) is 0 Å². The second-order valence-electron chi connectivity index (χ2n) is 4.76. The number of ether oxygens (including phenoxy) is 1. The molecule has 4 nitrogen and oxygen atoms in total. The first-order chi connectivity index (χ1) is 10.1. The number of nitrogens with one attached hydrogen (secondary N) is 2. The minimum absolute atomic E-state index is 0.521. The van der Waals surface area contributed by atoms with Crippen molar-refractivity contribution in [2.24, 2.45) is 0 Å². The largest absolute Gasteiger partial charge is 0.495 e. The lowest BCUT2D eigenvalue weighted by atomic mass is 10.2. The molecule has 0 bridgehead atoms. The van der Waals surface area contributed by atoms with E-state index in [1.165, 1.54) is 0 Å². The van der Waals surface area contributed by atoms with Crippen LogP contribution < -0.4 is 10.1 Å². The lowest BCUT2D eigenvalue weighted by molar-refractivity contribution is 0.415. The lowest BCUT2D eigenvalue weighted by Gasteiger charge is -2.08. The molecular weight excluding hydrogens is 309 g/mol. The second-order valence-corrected chi connectivity index (χ2v) is 5.52. The fourth-order valence-electron chi connectivity index (χ4n) is 1.99. The van der Waals surface area contributed by atoms with Crippen molar-refractivity contribution in [2.45, 2.75) is 32.7 Å². The summed E-state index contributed by atoms with van der Waals surface area (Å²) >= 11 is 12.2. The number of halogens is 2. The molecule has 114 valence electrons. The molecule has 2 aromatic rings. The molecule has 0 amide bonds. The van der Waals surface area contributed by atoms with Gasteiger partial charge in [-0.25, -0.2) is 4.98 Å². The van der Waals surface area contributed by atoms with E-state index >= 15 is 0 Å². The number of imidazole rings is 1. The summed E-state index contributed by atoms with van der Waals surface area (Å²) in [5.41, 5.74) is 1.79. The Labute approximate surface area is 134 Å². The van der Waals surface area contributed by atoms with Gasteiger partial charge in [0.2, 0.25) is 0 Å². The van der Waals surface area contributed by atoms with Crippen molar-refractivity contribution >= 4 is 28.9 Å². The highest BCUT2D eigenvalue weighted by Gasteiger charge is 2.08. The molecule has 2 rings (SSSR count). The second kappa shape index (κ2) is 7.57. The smallest absolute Gasteiger partial charge is 0.152 e. The third-order valence-electron chi connectivity index (χ3n) is 3.17. The predicted molar refractivity (Wildman–Crippen MR) is 87.5 cm³/mol. The summed E-state index contributed by atoms with van der Waals surface area (Å²) in [5.74, 6) is 1.59. The van der Waals surface area contributed by atoms with Gasteiger partial charge >= 0.3 is 0 Å². The van der Waals surface area contributed by atoms with Gasteiger partial charge in [-0.3, -0.25) is 0 Å². The molecule has 0 aliphatic heterocycles. The molecule has 0 saturated heterocycles. The number of unbranched alkanes of at least 4 members (excludes halogenated alkanes) is 1. The number of anilines is 1. The Morgan fingerprint density at radius 3 is 2.81 bits per heavy atom. The van der Waals surface area contributed by atoms with Crippen LogP contribution in [0.4, 0.5) is 5.69 Å². The zero-order valence-corrected chi connectivity index (χ0v) is 13.7. The van der Waals surface area contributed by atoms with Gasteiger partial charge in [0, 0.05) is 12.1 Å². The summed E-state index contributed by atoms with van der Waals surface area (Å²) in [6.07, 6.45) is 3.16. The van der Waals surface area contributed by atoms with E-state index in [0.717, 1.165) is 36.5 Å². The van der Waals surface area contributed by atoms with E-state index in [1.807, 2.05) is 18.2 Å². The van der Waals surface area contributed by atoms with Gasteiger partial charge in [-0.05, 0) is 24.6 Å². The quantitative estimate of drug-likeness (QED) is 0.776. The number of H-pyrrole nitrogens is 1. The minimum Gasteiger partial charge on any atom is -0.495 e. The minimum atomic E-state index is 0.521. The molecule has 1 aromatic carbocycles. The monoisotopic (exact) mass is 327 g/mol. The summed E-state index contributed by atoms with van der Waals surface area (Å²) in [5, 5.41) is 4.36. The number of hydrogen-bond acceptors (Lipinski definition) is 3. The molecule has 1 aromatic heterocycles. The SMILES string of the molecule is CCCCc1nc(Cl)c(CNc2ccc(OC)c(Cl)c2)[nH]1. The van der Waals surface area contributed by atoms with Gasteiger partial charge in [0.05, 0.1) is 24.4 Å². The van der Waals surface area contributed by atoms with Crippen molar-refractivity contribution in [3.8, 4) is 5.75 Å². The van der Waals surface area contributed by atoms with Crippen LogP contribution in [0.3, 0.4) is 0 Å². The van der Waals surface area contributed by atoms with E-state index in [0.29, 0.717) is 22.5 Å². The van der Waals surface area contributed by atoms with Crippen molar-refractivity contribution in [1.82, 2.24) is 9.97 Å². The topological polar surface area (TPSA) is 49.9 Å². The van der Waals surface area contributed by atoms with E-state index in [1.54, 1.807) is 7.11 Å². The van der Waals surface area contributed by atoms with Gasteiger partial charge in [0.1, 0.15) is 11.6 Å². The molecule has 0 unspecified atom stereocenters. The van der Waals surface area contributed by atoms with Crippen LogP contribution in [0.1, 0.15) is 31.3 Å². The van der Waals surface area contributed by atoms with Crippen LogP contribution in [0.5, 0.6) is 5.75 Å². The van der Waals surface area contributed by atoms with Crippen LogP contribution in [-0.2, 0) is 13.0 Å². The first-order valence-corrected chi connectivity index (χ1v) is 7.70. The number of aromatic nitrogens is 2. The third kappa shape index (κ3) is 4.29. The molecule has 0 aliphatic rings. The highest BCUT2D eigenvalue weighted by molar-refractivity contribution is 6.32. The zero-order chi connectivity index (χ0) is 15.2. The molecule has 0 aliphatic carbocycles. The predicted octanol–water partition coefficient (Wildman–Crippen LogP) is 4.68. The van der Waals surface area contributed by atoms with Crippen LogP contribution >= 0.6 is 23.2 Å². The highest BCUT2D eigenvalue weighted by Crippen LogP contribution is 2.27. The molecule has 21 heavy (non-hydrogen) atoms. The average molecular weight is 328 g/mol. The summed E-state index contributed by atoms with van der Waals surface area (Å²) in [7, 11) is 1.59. The maximum absolute atomic E-state index is 6.14. The van der Waals surface area contributed by atoms with Gasteiger partial charge in [-0.15, -0.1) is 0 Å². The molecule has 0 spiro atoms. The molecule has 0 atom stereocenters. The Morgan fingerprint density at radius 2 is 2.14 bits per heavy atom. The van der Waals surface area contributed by atoms with Gasteiger partial charge in [0.15, 0.2) is 5.15 Å². The molecular formula is C15H19Cl2N3O. The van der Waals surface area contributed by atoms with Crippen LogP contribution in [0.2, 0.25) is 10.2 Å². The van der Waals surface area contributed by atoms with E-state index < -0.39 is 0 Å². The van der Waals surface area contributed by atoms with Crippen molar-refractivity contribution < 1.29 is 4.74 Å². The lowest BCUT2D eigenvalue weighted by Crippen LogP contribution is -2.01. The first-order valence-electron chi connectivity index (χ1n) is 6.94. The molecule has 0 radical (unpaired) electrons. The Bertz CT molecular complexity index is 599. The number of rotatable bonds is 7. The van der Waals surface area contributed by atoms with Crippen LogP contribution in [0.25, 0.3) is 0 Å². The molecule has 6 heteroatoms. The summed E-state index contributed by atoms with van der Waals surface area (Å²) in [4.78, 5) is 7.59. The highest BCUT2D eigenvalue weighted by atomic mass is 35.5. The third-order valence-corrected chi connectivity index (χ3v) is 3.77. The number of nitrogens with zero attached hydrogens (tertiary/aromatic N) is 1. The number of aryl methyl sites for hydroxylation is 1. The Morgan fingerprint density at radius 1 is 1.33 bits per heavy atom. The van der Waals surface area contributed by atoms with Gasteiger partial charge < -0.3 is 15.0 Å². The maximum atomic E-state index is 6.14. The van der Waals surface area contributed by atoms with Crippen LogP contribution in [0.15, 0.2) is 18.2 Å². The molecule has 0 fully saturated rings. The van der Waals surface area contributed by atoms with E-state index in [2.05, 4.69) is 22.2 Å². The Balaban J connectivity index is 1.99. The fraction of sp³-hybridized carbons (Fsp3) is 0.400. The summed E-state index contributed by atoms with van der Waals surface area (Å²) in [6, 6.07) is 5.56. The fourth-order valence-corrected chi connectivity index (χ4v) is 2.46. The van der Waals surface area contributed by atoms with Gasteiger partial charge in [0.25, 0.3) is 0 Å². The summed E-state index contributed by atoms with van der Waals surface area (Å²) in [6.45, 7) is 2.72. The number of aromatic amines is 1. The maximum Gasteiger partial charge on any atom is 0.152 e. The number of methoxy groups -OCH3 is 1. The molecule has 1 heterocycles. The van der Waals surface area contributed by atoms with E-state index in [9.17, 15) is 0 Å². The Kier molecular flexibility index (Phi) is 5.76. The Hall–Kier alpha value is -1.39. The molecule has 0 saturated carbocycles. The van der Waals surface area contributed by atoms with E-state index in [4.69, 9.17) is 27.9 Å². The van der Waals surface area contributed by atoms with Gasteiger partial charge in [-0.1, -0.05) is 36.5 Å². The van der Waals surface area contributed by atoms with Crippen molar-refractivity contribution in [3.63, 3.8) is 0 Å². The molecule has 2 N–H and O–H groups in total.